The first kappa shape index (κ1) is 23.0. The number of aryl methyl sites for hydroxylation is 1. The molecule has 0 unspecified atom stereocenters. The van der Waals surface area contributed by atoms with Crippen LogP contribution < -0.4 is 29.2 Å². The van der Waals surface area contributed by atoms with Crippen LogP contribution in [0.2, 0.25) is 0 Å². The van der Waals surface area contributed by atoms with Gasteiger partial charge >= 0.3 is 0 Å². The topological polar surface area (TPSA) is 86.3 Å². The molecule has 0 saturated carbocycles. The minimum absolute atomic E-state index is 0.0457. The van der Waals surface area contributed by atoms with E-state index in [2.05, 4.69) is 5.32 Å². The summed E-state index contributed by atoms with van der Waals surface area (Å²) in [7, 11) is 1.54. The molecular formula is C26H26N2O6. The Balaban J connectivity index is 1.39. The second kappa shape index (κ2) is 10.6. The number of amides is 2. The van der Waals surface area contributed by atoms with Crippen molar-refractivity contribution in [1.82, 2.24) is 0 Å². The van der Waals surface area contributed by atoms with Crippen molar-refractivity contribution in [2.45, 2.75) is 6.92 Å². The number of nitrogens with one attached hydrogen (secondary N) is 1. The fourth-order valence-electron chi connectivity index (χ4n) is 3.56. The van der Waals surface area contributed by atoms with E-state index in [0.717, 1.165) is 11.3 Å². The van der Waals surface area contributed by atoms with Crippen molar-refractivity contribution in [3.05, 3.63) is 72.3 Å². The Morgan fingerprint density at radius 1 is 1.03 bits per heavy atom. The fraction of sp³-hybridized carbons (Fsp3) is 0.231. The van der Waals surface area contributed by atoms with Crippen molar-refractivity contribution < 1.29 is 28.5 Å². The second-order valence-electron chi connectivity index (χ2n) is 7.67. The van der Waals surface area contributed by atoms with E-state index >= 15 is 0 Å². The third kappa shape index (κ3) is 5.58. The summed E-state index contributed by atoms with van der Waals surface area (Å²) >= 11 is 0. The molecule has 8 nitrogen and oxygen atoms in total. The number of fused-ring (bicyclic) bond motifs is 1. The maximum Gasteiger partial charge on any atom is 0.265 e. The van der Waals surface area contributed by atoms with E-state index in [-0.39, 0.29) is 25.0 Å². The molecule has 3 aromatic rings. The van der Waals surface area contributed by atoms with E-state index in [0.29, 0.717) is 41.8 Å². The fourth-order valence-corrected chi connectivity index (χ4v) is 3.56. The van der Waals surface area contributed by atoms with Crippen LogP contribution in [0.5, 0.6) is 23.0 Å². The van der Waals surface area contributed by atoms with Gasteiger partial charge in [0.05, 0.1) is 19.3 Å². The molecule has 176 valence electrons. The molecule has 0 radical (unpaired) electrons. The monoisotopic (exact) mass is 462 g/mol. The van der Waals surface area contributed by atoms with E-state index in [4.69, 9.17) is 18.9 Å². The van der Waals surface area contributed by atoms with Crippen LogP contribution in [0.1, 0.15) is 5.56 Å². The van der Waals surface area contributed by atoms with Crippen molar-refractivity contribution in [1.29, 1.82) is 0 Å². The van der Waals surface area contributed by atoms with Crippen LogP contribution in [-0.2, 0) is 9.59 Å². The van der Waals surface area contributed by atoms with Gasteiger partial charge in [-0.05, 0) is 55.0 Å². The molecule has 3 aromatic carbocycles. The van der Waals surface area contributed by atoms with E-state index in [1.165, 1.54) is 7.11 Å². The number of carbonyl (C=O) groups is 2. The predicted molar refractivity (Wildman–Crippen MR) is 128 cm³/mol. The van der Waals surface area contributed by atoms with Gasteiger partial charge in [0.2, 0.25) is 0 Å². The van der Waals surface area contributed by atoms with Crippen molar-refractivity contribution in [3.63, 3.8) is 0 Å². The number of methoxy groups -OCH3 is 1. The van der Waals surface area contributed by atoms with E-state index in [1.54, 1.807) is 41.3 Å². The molecular weight excluding hydrogens is 436 g/mol. The average Bonchev–Trinajstić information content (AvgIpc) is 2.84. The summed E-state index contributed by atoms with van der Waals surface area (Å²) < 4.78 is 22.2. The number of carbonyl (C=O) groups excluding carboxylic acids is 2. The lowest BCUT2D eigenvalue weighted by Gasteiger charge is -2.29. The van der Waals surface area contributed by atoms with Gasteiger partial charge in [0.15, 0.2) is 24.7 Å². The molecule has 2 amide bonds. The molecule has 1 heterocycles. The van der Waals surface area contributed by atoms with Gasteiger partial charge in [-0.3, -0.25) is 9.59 Å². The van der Waals surface area contributed by atoms with Crippen molar-refractivity contribution >= 4 is 23.2 Å². The lowest BCUT2D eigenvalue weighted by atomic mass is 10.2. The lowest BCUT2D eigenvalue weighted by molar-refractivity contribution is -0.121. The first-order valence-corrected chi connectivity index (χ1v) is 10.9. The van der Waals surface area contributed by atoms with Crippen LogP contribution in [0.25, 0.3) is 0 Å². The van der Waals surface area contributed by atoms with Gasteiger partial charge in [0.1, 0.15) is 18.1 Å². The first-order valence-electron chi connectivity index (χ1n) is 10.9. The Morgan fingerprint density at radius 3 is 2.65 bits per heavy atom. The third-order valence-corrected chi connectivity index (χ3v) is 5.19. The summed E-state index contributed by atoms with van der Waals surface area (Å²) in [6.07, 6.45) is 0. The van der Waals surface area contributed by atoms with E-state index in [9.17, 15) is 9.59 Å². The van der Waals surface area contributed by atoms with Crippen molar-refractivity contribution in [3.8, 4) is 23.0 Å². The quantitative estimate of drug-likeness (QED) is 0.520. The van der Waals surface area contributed by atoms with E-state index < -0.39 is 0 Å². The Morgan fingerprint density at radius 2 is 1.85 bits per heavy atom. The Labute approximate surface area is 198 Å². The standard InChI is InChI=1S/C26H26N2O6/c1-18-6-5-7-20(14-18)32-13-12-28-21-15-19(10-11-22(21)34-17-26(28)30)27-25(29)16-33-24-9-4-3-8-23(24)31-2/h3-11,14-15H,12-13,16-17H2,1-2H3,(H,27,29). The zero-order chi connectivity index (χ0) is 23.9. The maximum absolute atomic E-state index is 12.5. The largest absolute Gasteiger partial charge is 0.493 e. The summed E-state index contributed by atoms with van der Waals surface area (Å²) in [6, 6.07) is 20.0. The highest BCUT2D eigenvalue weighted by molar-refractivity contribution is 5.99. The minimum Gasteiger partial charge on any atom is -0.493 e. The molecule has 4 rings (SSSR count). The van der Waals surface area contributed by atoms with Crippen LogP contribution in [-0.4, -0.2) is 45.3 Å². The highest BCUT2D eigenvalue weighted by Crippen LogP contribution is 2.34. The van der Waals surface area contributed by atoms with Gasteiger partial charge in [-0.2, -0.15) is 0 Å². The van der Waals surface area contributed by atoms with Crippen LogP contribution in [0.4, 0.5) is 11.4 Å². The van der Waals surface area contributed by atoms with Gasteiger partial charge in [-0.1, -0.05) is 24.3 Å². The predicted octanol–water partition coefficient (Wildman–Crippen LogP) is 3.83. The second-order valence-corrected chi connectivity index (χ2v) is 7.67. The molecule has 0 atom stereocenters. The molecule has 1 aliphatic rings. The number of nitrogens with zero attached hydrogens (tertiary/aromatic N) is 1. The molecule has 0 saturated heterocycles. The number of ether oxygens (including phenoxy) is 4. The number of benzene rings is 3. The summed E-state index contributed by atoms with van der Waals surface area (Å²) in [5, 5.41) is 2.79. The van der Waals surface area contributed by atoms with Gasteiger partial charge < -0.3 is 29.2 Å². The molecule has 1 aliphatic heterocycles. The van der Waals surface area contributed by atoms with Gasteiger partial charge in [0, 0.05) is 5.69 Å². The molecule has 1 N–H and O–H groups in total. The zero-order valence-corrected chi connectivity index (χ0v) is 19.1. The number of para-hydroxylation sites is 2. The van der Waals surface area contributed by atoms with Gasteiger partial charge in [-0.15, -0.1) is 0 Å². The Hall–Kier alpha value is -4.20. The number of rotatable bonds is 9. The lowest BCUT2D eigenvalue weighted by Crippen LogP contribution is -2.41. The maximum atomic E-state index is 12.5. The SMILES string of the molecule is COc1ccccc1OCC(=O)Nc1ccc2c(c1)N(CCOc1cccc(C)c1)C(=O)CO2. The smallest absolute Gasteiger partial charge is 0.265 e. The Bertz CT molecular complexity index is 1180. The molecule has 0 aromatic heterocycles. The minimum atomic E-state index is -0.344. The first-order chi connectivity index (χ1) is 16.5. The van der Waals surface area contributed by atoms with Crippen LogP contribution in [0, 0.1) is 6.92 Å². The molecule has 0 fully saturated rings. The number of hydrogen-bond acceptors (Lipinski definition) is 6. The summed E-state index contributed by atoms with van der Waals surface area (Å²) in [4.78, 5) is 26.6. The van der Waals surface area contributed by atoms with Crippen LogP contribution in [0.3, 0.4) is 0 Å². The molecule has 34 heavy (non-hydrogen) atoms. The normalized spacial score (nSPS) is 12.4. The Kier molecular flexibility index (Phi) is 7.17. The summed E-state index contributed by atoms with van der Waals surface area (Å²) in [5.41, 5.74) is 2.20. The molecule has 0 bridgehead atoms. The van der Waals surface area contributed by atoms with E-state index in [1.807, 2.05) is 37.3 Å². The number of anilines is 2. The van der Waals surface area contributed by atoms with Crippen molar-refractivity contribution in [2.24, 2.45) is 0 Å². The van der Waals surface area contributed by atoms with Gasteiger partial charge in [-0.25, -0.2) is 0 Å². The molecule has 8 heteroatoms. The van der Waals surface area contributed by atoms with Crippen molar-refractivity contribution in [2.75, 3.05) is 43.7 Å². The third-order valence-electron chi connectivity index (χ3n) is 5.19. The molecule has 0 spiro atoms. The van der Waals surface area contributed by atoms with Crippen LogP contribution >= 0.6 is 0 Å². The van der Waals surface area contributed by atoms with Gasteiger partial charge in [0.25, 0.3) is 11.8 Å². The highest BCUT2D eigenvalue weighted by atomic mass is 16.5. The number of hydrogen-bond donors (Lipinski definition) is 1. The zero-order valence-electron chi connectivity index (χ0n) is 19.1. The highest BCUT2D eigenvalue weighted by Gasteiger charge is 2.26. The summed E-state index contributed by atoms with van der Waals surface area (Å²) in [6.45, 7) is 2.41. The molecule has 0 aliphatic carbocycles. The summed E-state index contributed by atoms with van der Waals surface area (Å²) in [5.74, 6) is 1.81. The average molecular weight is 463 g/mol. The van der Waals surface area contributed by atoms with Crippen LogP contribution in [0.15, 0.2) is 66.7 Å².